The Bertz CT molecular complexity index is 404. The molecule has 1 aromatic heterocycles. The molecule has 4 nitrogen and oxygen atoms in total. The molecule has 98 valence electrons. The SMILES string of the molecule is CN(c1ncc(C=O)cn1)C1CCC(C)(C)CC1. The van der Waals surface area contributed by atoms with Gasteiger partial charge < -0.3 is 4.90 Å². The number of hydrogen-bond acceptors (Lipinski definition) is 4. The first-order valence-electron chi connectivity index (χ1n) is 6.52. The van der Waals surface area contributed by atoms with Crippen molar-refractivity contribution in [2.45, 2.75) is 45.6 Å². The van der Waals surface area contributed by atoms with E-state index in [1.54, 1.807) is 12.4 Å². The van der Waals surface area contributed by atoms with Gasteiger partial charge in [-0.05, 0) is 31.1 Å². The predicted octanol–water partition coefficient (Wildman–Crippen LogP) is 2.69. The molecule has 0 N–H and O–H groups in total. The molecule has 0 unspecified atom stereocenters. The molecule has 1 heterocycles. The van der Waals surface area contributed by atoms with Gasteiger partial charge in [0.15, 0.2) is 6.29 Å². The van der Waals surface area contributed by atoms with Crippen LogP contribution in [0.1, 0.15) is 49.9 Å². The maximum absolute atomic E-state index is 10.6. The lowest BCUT2D eigenvalue weighted by atomic mass is 9.75. The molecule has 18 heavy (non-hydrogen) atoms. The third-order valence-corrected chi connectivity index (χ3v) is 3.97. The maximum Gasteiger partial charge on any atom is 0.225 e. The van der Waals surface area contributed by atoms with Gasteiger partial charge in [0.2, 0.25) is 5.95 Å². The molecule has 0 aromatic carbocycles. The van der Waals surface area contributed by atoms with Gasteiger partial charge in [-0.15, -0.1) is 0 Å². The Morgan fingerprint density at radius 1 is 1.28 bits per heavy atom. The van der Waals surface area contributed by atoms with Crippen LogP contribution in [0.4, 0.5) is 5.95 Å². The number of nitrogens with zero attached hydrogens (tertiary/aromatic N) is 3. The van der Waals surface area contributed by atoms with Crippen LogP contribution in [-0.2, 0) is 0 Å². The number of aldehydes is 1. The van der Waals surface area contributed by atoms with E-state index in [0.29, 0.717) is 23.0 Å². The van der Waals surface area contributed by atoms with Gasteiger partial charge in [-0.25, -0.2) is 9.97 Å². The van der Waals surface area contributed by atoms with E-state index in [9.17, 15) is 4.79 Å². The van der Waals surface area contributed by atoms with E-state index in [2.05, 4.69) is 28.7 Å². The van der Waals surface area contributed by atoms with Gasteiger partial charge >= 0.3 is 0 Å². The summed E-state index contributed by atoms with van der Waals surface area (Å²) in [5, 5.41) is 0. The van der Waals surface area contributed by atoms with E-state index in [1.165, 1.54) is 25.7 Å². The van der Waals surface area contributed by atoms with Gasteiger partial charge in [0, 0.05) is 25.5 Å². The number of anilines is 1. The minimum absolute atomic E-state index is 0.472. The zero-order valence-corrected chi connectivity index (χ0v) is 11.4. The van der Waals surface area contributed by atoms with E-state index < -0.39 is 0 Å². The van der Waals surface area contributed by atoms with Crippen molar-refractivity contribution in [2.75, 3.05) is 11.9 Å². The van der Waals surface area contributed by atoms with Crippen molar-refractivity contribution in [1.82, 2.24) is 9.97 Å². The summed E-state index contributed by atoms with van der Waals surface area (Å²) in [7, 11) is 2.04. The lowest BCUT2D eigenvalue weighted by Gasteiger charge is -2.38. The number of carbonyl (C=O) groups is 1. The second-order valence-corrected chi connectivity index (χ2v) is 5.94. The molecule has 0 saturated heterocycles. The Labute approximate surface area is 108 Å². The van der Waals surface area contributed by atoms with Crippen molar-refractivity contribution in [1.29, 1.82) is 0 Å². The highest BCUT2D eigenvalue weighted by molar-refractivity contribution is 5.73. The lowest BCUT2D eigenvalue weighted by Crippen LogP contribution is -2.38. The van der Waals surface area contributed by atoms with Gasteiger partial charge in [0.05, 0.1) is 5.56 Å². The monoisotopic (exact) mass is 247 g/mol. The molecule has 0 spiro atoms. The lowest BCUT2D eigenvalue weighted by molar-refractivity contribution is 0.112. The smallest absolute Gasteiger partial charge is 0.225 e. The Kier molecular flexibility index (Phi) is 3.64. The highest BCUT2D eigenvalue weighted by Crippen LogP contribution is 2.37. The molecule has 4 heteroatoms. The average molecular weight is 247 g/mol. The Morgan fingerprint density at radius 2 is 1.83 bits per heavy atom. The largest absolute Gasteiger partial charge is 0.341 e. The van der Waals surface area contributed by atoms with E-state index in [-0.39, 0.29) is 0 Å². The third-order valence-electron chi connectivity index (χ3n) is 3.97. The topological polar surface area (TPSA) is 46.1 Å². The normalized spacial score (nSPS) is 19.5. The molecule has 1 aliphatic carbocycles. The highest BCUT2D eigenvalue weighted by atomic mass is 16.1. The average Bonchev–Trinajstić information content (AvgIpc) is 2.38. The van der Waals surface area contributed by atoms with Crippen LogP contribution in [0.2, 0.25) is 0 Å². The summed E-state index contributed by atoms with van der Waals surface area (Å²) in [6.45, 7) is 4.66. The molecular weight excluding hydrogens is 226 g/mol. The molecule has 0 aliphatic heterocycles. The van der Waals surface area contributed by atoms with Gasteiger partial charge in [0.1, 0.15) is 0 Å². The Hall–Kier alpha value is -1.45. The summed E-state index contributed by atoms with van der Waals surface area (Å²) in [6, 6.07) is 0.514. The van der Waals surface area contributed by atoms with Crippen molar-refractivity contribution >= 4 is 12.2 Å². The molecule has 1 saturated carbocycles. The summed E-state index contributed by atoms with van der Waals surface area (Å²) >= 11 is 0. The minimum atomic E-state index is 0.472. The van der Waals surface area contributed by atoms with Crippen LogP contribution in [0.15, 0.2) is 12.4 Å². The first kappa shape index (κ1) is 13.0. The van der Waals surface area contributed by atoms with Gasteiger partial charge in [-0.2, -0.15) is 0 Å². The second-order valence-electron chi connectivity index (χ2n) is 5.94. The highest BCUT2D eigenvalue weighted by Gasteiger charge is 2.29. The summed E-state index contributed by atoms with van der Waals surface area (Å²) in [4.78, 5) is 21.2. The fraction of sp³-hybridized carbons (Fsp3) is 0.643. The minimum Gasteiger partial charge on any atom is -0.341 e. The number of carbonyl (C=O) groups excluding carboxylic acids is 1. The first-order chi connectivity index (χ1) is 8.52. The molecule has 1 aliphatic rings. The zero-order chi connectivity index (χ0) is 13.2. The first-order valence-corrected chi connectivity index (χ1v) is 6.52. The van der Waals surface area contributed by atoms with Crippen molar-refractivity contribution in [2.24, 2.45) is 5.41 Å². The van der Waals surface area contributed by atoms with Crippen molar-refractivity contribution in [3.05, 3.63) is 18.0 Å². The van der Waals surface area contributed by atoms with Crippen LogP contribution in [0, 0.1) is 5.41 Å². The summed E-state index contributed by atoms with van der Waals surface area (Å²) in [6.07, 6.45) is 8.79. The van der Waals surface area contributed by atoms with E-state index in [0.717, 1.165) is 6.29 Å². The summed E-state index contributed by atoms with van der Waals surface area (Å²) in [5.41, 5.74) is 0.997. The van der Waals surface area contributed by atoms with E-state index >= 15 is 0 Å². The zero-order valence-electron chi connectivity index (χ0n) is 11.4. The van der Waals surface area contributed by atoms with Crippen LogP contribution in [-0.4, -0.2) is 29.3 Å². The molecule has 0 atom stereocenters. The van der Waals surface area contributed by atoms with Crippen LogP contribution in [0.5, 0.6) is 0 Å². The Morgan fingerprint density at radius 3 is 2.33 bits per heavy atom. The quantitative estimate of drug-likeness (QED) is 0.770. The molecule has 1 fully saturated rings. The molecule has 0 amide bonds. The van der Waals surface area contributed by atoms with Crippen LogP contribution < -0.4 is 4.90 Å². The number of rotatable bonds is 3. The molecular formula is C14H21N3O. The van der Waals surface area contributed by atoms with Gasteiger partial charge in [-0.1, -0.05) is 13.8 Å². The van der Waals surface area contributed by atoms with Gasteiger partial charge in [0.25, 0.3) is 0 Å². The summed E-state index contributed by atoms with van der Waals surface area (Å²) in [5.74, 6) is 0.713. The van der Waals surface area contributed by atoms with Gasteiger partial charge in [-0.3, -0.25) is 4.79 Å². The van der Waals surface area contributed by atoms with Crippen molar-refractivity contribution in [3.63, 3.8) is 0 Å². The predicted molar refractivity (Wildman–Crippen MR) is 71.9 cm³/mol. The Balaban J connectivity index is 2.02. The van der Waals surface area contributed by atoms with Crippen molar-refractivity contribution in [3.8, 4) is 0 Å². The summed E-state index contributed by atoms with van der Waals surface area (Å²) < 4.78 is 0. The number of aromatic nitrogens is 2. The fourth-order valence-corrected chi connectivity index (χ4v) is 2.51. The van der Waals surface area contributed by atoms with E-state index in [4.69, 9.17) is 0 Å². The molecule has 1 aromatic rings. The molecule has 2 rings (SSSR count). The standard InChI is InChI=1S/C14H21N3O/c1-14(2)6-4-12(5-7-14)17(3)13-15-8-11(10-18)9-16-13/h8-10,12H,4-7H2,1-3H3. The van der Waals surface area contributed by atoms with Crippen LogP contribution >= 0.6 is 0 Å². The van der Waals surface area contributed by atoms with Crippen molar-refractivity contribution < 1.29 is 4.79 Å². The fourth-order valence-electron chi connectivity index (χ4n) is 2.51. The second kappa shape index (κ2) is 5.04. The molecule has 0 radical (unpaired) electrons. The maximum atomic E-state index is 10.6. The number of hydrogen-bond donors (Lipinski definition) is 0. The molecule has 0 bridgehead atoms. The van der Waals surface area contributed by atoms with E-state index in [1.807, 2.05) is 7.05 Å². The van der Waals surface area contributed by atoms with Crippen LogP contribution in [0.3, 0.4) is 0 Å². The van der Waals surface area contributed by atoms with Crippen LogP contribution in [0.25, 0.3) is 0 Å². The third kappa shape index (κ3) is 2.86.